The lowest BCUT2D eigenvalue weighted by Gasteiger charge is -1.95. The molecule has 0 aliphatic heterocycles. The Kier molecular flexibility index (Phi) is 3.53. The van der Waals surface area contributed by atoms with Gasteiger partial charge in [0.1, 0.15) is 0 Å². The molecular formula is C7H15N. The van der Waals surface area contributed by atoms with Gasteiger partial charge in [-0.2, -0.15) is 0 Å². The molecule has 0 aliphatic rings. The highest BCUT2D eigenvalue weighted by molar-refractivity contribution is 4.90. The maximum absolute atomic E-state index is 5.45. The molecule has 0 fully saturated rings. The average molecular weight is 113 g/mol. The van der Waals surface area contributed by atoms with E-state index in [0.29, 0.717) is 5.92 Å². The first-order valence-electron chi connectivity index (χ1n) is 3.07. The first-order chi connectivity index (χ1) is 3.63. The standard InChI is InChI=1S/C7H15N/c1-6(2)4-5-7(3)8/h4-7H,8H2,1-3H3. The first kappa shape index (κ1) is 7.70. The zero-order valence-corrected chi connectivity index (χ0v) is 5.89. The van der Waals surface area contributed by atoms with Crippen molar-refractivity contribution in [3.63, 3.8) is 0 Å². The van der Waals surface area contributed by atoms with E-state index in [2.05, 4.69) is 19.9 Å². The minimum atomic E-state index is 0.206. The lowest BCUT2D eigenvalue weighted by molar-refractivity contribution is 0.811. The number of allylic oxidation sites excluding steroid dienone is 1. The van der Waals surface area contributed by atoms with Crippen LogP contribution in [-0.4, -0.2) is 6.04 Å². The lowest BCUT2D eigenvalue weighted by Crippen LogP contribution is -2.10. The molecule has 1 heteroatoms. The van der Waals surface area contributed by atoms with Crippen molar-refractivity contribution in [3.05, 3.63) is 12.2 Å². The van der Waals surface area contributed by atoms with Gasteiger partial charge in [0.25, 0.3) is 0 Å². The molecule has 48 valence electrons. The minimum absolute atomic E-state index is 0.206. The van der Waals surface area contributed by atoms with E-state index in [0.717, 1.165) is 0 Å². The summed E-state index contributed by atoms with van der Waals surface area (Å²) in [4.78, 5) is 0. The molecule has 1 unspecified atom stereocenters. The highest BCUT2D eigenvalue weighted by atomic mass is 14.6. The van der Waals surface area contributed by atoms with Crippen LogP contribution >= 0.6 is 0 Å². The Morgan fingerprint density at radius 1 is 1.12 bits per heavy atom. The molecule has 2 N–H and O–H groups in total. The molecule has 0 radical (unpaired) electrons. The normalized spacial score (nSPS) is 15.6. The largest absolute Gasteiger partial charge is 0.325 e. The van der Waals surface area contributed by atoms with E-state index < -0.39 is 0 Å². The summed E-state index contributed by atoms with van der Waals surface area (Å²) >= 11 is 0. The summed E-state index contributed by atoms with van der Waals surface area (Å²) in [5.41, 5.74) is 5.45. The maximum atomic E-state index is 5.45. The number of nitrogens with two attached hydrogens (primary N) is 1. The third-order valence-electron chi connectivity index (χ3n) is 0.800. The molecule has 0 spiro atoms. The number of hydrogen-bond acceptors (Lipinski definition) is 1. The van der Waals surface area contributed by atoms with E-state index in [9.17, 15) is 0 Å². The zero-order chi connectivity index (χ0) is 6.57. The van der Waals surface area contributed by atoms with Gasteiger partial charge in [0, 0.05) is 6.04 Å². The topological polar surface area (TPSA) is 26.0 Å². The molecule has 0 aromatic carbocycles. The second kappa shape index (κ2) is 3.67. The molecule has 0 saturated carbocycles. The van der Waals surface area contributed by atoms with Gasteiger partial charge in [0.05, 0.1) is 0 Å². The predicted molar refractivity (Wildman–Crippen MR) is 37.6 cm³/mol. The van der Waals surface area contributed by atoms with Gasteiger partial charge in [0.2, 0.25) is 0 Å². The van der Waals surface area contributed by atoms with E-state index >= 15 is 0 Å². The summed E-state index contributed by atoms with van der Waals surface area (Å²) in [7, 11) is 0. The fourth-order valence-electron chi connectivity index (χ4n) is 0.397. The molecule has 0 aromatic rings. The van der Waals surface area contributed by atoms with Crippen LogP contribution < -0.4 is 5.73 Å². The third-order valence-corrected chi connectivity index (χ3v) is 0.800. The Balaban J connectivity index is 3.34. The van der Waals surface area contributed by atoms with E-state index in [1.807, 2.05) is 13.0 Å². The van der Waals surface area contributed by atoms with Crippen molar-refractivity contribution in [1.82, 2.24) is 0 Å². The van der Waals surface area contributed by atoms with Crippen molar-refractivity contribution in [2.45, 2.75) is 26.8 Å². The van der Waals surface area contributed by atoms with Crippen LogP contribution in [0.5, 0.6) is 0 Å². The smallest absolute Gasteiger partial charge is 0.0194 e. The van der Waals surface area contributed by atoms with E-state index in [1.54, 1.807) is 0 Å². The Morgan fingerprint density at radius 3 is 1.75 bits per heavy atom. The SMILES string of the molecule is CC(C)C=CC(C)N. The summed E-state index contributed by atoms with van der Waals surface area (Å²) in [5.74, 6) is 0.626. The summed E-state index contributed by atoms with van der Waals surface area (Å²) in [5, 5.41) is 0. The fourth-order valence-corrected chi connectivity index (χ4v) is 0.397. The molecule has 0 aliphatic carbocycles. The van der Waals surface area contributed by atoms with Gasteiger partial charge in [0.15, 0.2) is 0 Å². The summed E-state index contributed by atoms with van der Waals surface area (Å²) < 4.78 is 0. The molecule has 0 saturated heterocycles. The first-order valence-corrected chi connectivity index (χ1v) is 3.07. The van der Waals surface area contributed by atoms with Crippen LogP contribution in [0, 0.1) is 5.92 Å². The van der Waals surface area contributed by atoms with Crippen LogP contribution in [0.15, 0.2) is 12.2 Å². The quantitative estimate of drug-likeness (QED) is 0.540. The van der Waals surface area contributed by atoms with E-state index in [1.165, 1.54) is 0 Å². The van der Waals surface area contributed by atoms with Gasteiger partial charge in [-0.25, -0.2) is 0 Å². The molecular weight excluding hydrogens is 98.1 g/mol. The molecule has 1 atom stereocenters. The van der Waals surface area contributed by atoms with Crippen molar-refractivity contribution in [1.29, 1.82) is 0 Å². The Hall–Kier alpha value is -0.300. The highest BCUT2D eigenvalue weighted by Crippen LogP contribution is 1.93. The monoisotopic (exact) mass is 113 g/mol. The summed E-state index contributed by atoms with van der Waals surface area (Å²) in [6.45, 7) is 6.25. The molecule has 0 bridgehead atoms. The maximum Gasteiger partial charge on any atom is 0.0194 e. The van der Waals surface area contributed by atoms with Crippen molar-refractivity contribution in [3.8, 4) is 0 Å². The zero-order valence-electron chi connectivity index (χ0n) is 5.89. The molecule has 0 aromatic heterocycles. The number of hydrogen-bond donors (Lipinski definition) is 1. The van der Waals surface area contributed by atoms with E-state index in [-0.39, 0.29) is 6.04 Å². The van der Waals surface area contributed by atoms with Crippen LogP contribution in [0.1, 0.15) is 20.8 Å². The highest BCUT2D eigenvalue weighted by Gasteiger charge is 1.85. The third kappa shape index (κ3) is 5.70. The second-order valence-electron chi connectivity index (χ2n) is 2.49. The fraction of sp³-hybridized carbons (Fsp3) is 0.714. The Labute approximate surface area is 51.6 Å². The van der Waals surface area contributed by atoms with Crippen molar-refractivity contribution < 1.29 is 0 Å². The molecule has 8 heavy (non-hydrogen) atoms. The van der Waals surface area contributed by atoms with Gasteiger partial charge < -0.3 is 5.73 Å². The summed E-state index contributed by atoms with van der Waals surface area (Å²) in [6.07, 6.45) is 4.13. The van der Waals surface area contributed by atoms with Gasteiger partial charge in [-0.05, 0) is 12.8 Å². The molecule has 1 nitrogen and oxygen atoms in total. The molecule has 0 rings (SSSR count). The lowest BCUT2D eigenvalue weighted by atomic mass is 10.2. The van der Waals surface area contributed by atoms with Gasteiger partial charge in [-0.3, -0.25) is 0 Å². The van der Waals surface area contributed by atoms with Gasteiger partial charge >= 0.3 is 0 Å². The van der Waals surface area contributed by atoms with Crippen LogP contribution in [-0.2, 0) is 0 Å². The average Bonchev–Trinajstić information content (AvgIpc) is 1.61. The molecule has 0 amide bonds. The van der Waals surface area contributed by atoms with Crippen molar-refractivity contribution >= 4 is 0 Å². The van der Waals surface area contributed by atoms with E-state index in [4.69, 9.17) is 5.73 Å². The van der Waals surface area contributed by atoms with Gasteiger partial charge in [-0.15, -0.1) is 0 Å². The van der Waals surface area contributed by atoms with Crippen molar-refractivity contribution in [2.75, 3.05) is 0 Å². The van der Waals surface area contributed by atoms with Crippen LogP contribution in [0.25, 0.3) is 0 Å². The van der Waals surface area contributed by atoms with Crippen LogP contribution in [0.2, 0.25) is 0 Å². The minimum Gasteiger partial charge on any atom is -0.325 e. The van der Waals surface area contributed by atoms with Crippen LogP contribution in [0.4, 0.5) is 0 Å². The summed E-state index contributed by atoms with van der Waals surface area (Å²) in [6, 6.07) is 0.206. The Morgan fingerprint density at radius 2 is 1.62 bits per heavy atom. The Bertz CT molecular complexity index is 62.5. The second-order valence-corrected chi connectivity index (χ2v) is 2.49. The predicted octanol–water partition coefficient (Wildman–Crippen LogP) is 1.55. The van der Waals surface area contributed by atoms with Crippen molar-refractivity contribution in [2.24, 2.45) is 11.7 Å². The van der Waals surface area contributed by atoms with Gasteiger partial charge in [-0.1, -0.05) is 26.0 Å². The van der Waals surface area contributed by atoms with Crippen LogP contribution in [0.3, 0.4) is 0 Å². The molecule has 0 heterocycles. The number of rotatable bonds is 2.